The Morgan fingerprint density at radius 1 is 1.25 bits per heavy atom. The number of thiazole rings is 1. The molecule has 0 unspecified atom stereocenters. The fourth-order valence-electron chi connectivity index (χ4n) is 1.76. The van der Waals surface area contributed by atoms with Crippen LogP contribution in [0.4, 0.5) is 0 Å². The van der Waals surface area contributed by atoms with Crippen LogP contribution in [0.25, 0.3) is 0 Å². The molecule has 1 aromatic heterocycles. The van der Waals surface area contributed by atoms with Crippen LogP contribution in [-0.2, 0) is 12.3 Å². The van der Waals surface area contributed by atoms with Gasteiger partial charge in [-0.05, 0) is 31.5 Å². The van der Waals surface area contributed by atoms with E-state index in [1.54, 1.807) is 0 Å². The normalized spacial score (nSPS) is 11.2. The summed E-state index contributed by atoms with van der Waals surface area (Å²) in [6.45, 7) is 8.56. The number of aromatic nitrogens is 1. The maximum absolute atomic E-state index is 4.50. The molecule has 20 heavy (non-hydrogen) atoms. The van der Waals surface area contributed by atoms with Crippen LogP contribution >= 0.6 is 23.1 Å². The van der Waals surface area contributed by atoms with Crippen molar-refractivity contribution in [3.63, 3.8) is 0 Å². The Balaban J connectivity index is 1.79. The summed E-state index contributed by atoms with van der Waals surface area (Å²) >= 11 is 3.66. The summed E-state index contributed by atoms with van der Waals surface area (Å²) in [5.41, 5.74) is 1.31. The molecular formula is C16H22N2S2. The molecule has 0 aliphatic carbocycles. The number of hydrogen-bond donors (Lipinski definition) is 1. The van der Waals surface area contributed by atoms with E-state index in [2.05, 4.69) is 55.3 Å². The van der Waals surface area contributed by atoms with E-state index in [0.717, 1.165) is 18.8 Å². The monoisotopic (exact) mass is 306 g/mol. The van der Waals surface area contributed by atoms with Crippen LogP contribution in [0.2, 0.25) is 0 Å². The Morgan fingerprint density at radius 2 is 2.00 bits per heavy atom. The highest BCUT2D eigenvalue weighted by atomic mass is 32.2. The number of thioether (sulfide) groups is 1. The number of aryl methyl sites for hydroxylation is 1. The van der Waals surface area contributed by atoms with Crippen molar-refractivity contribution in [2.75, 3.05) is 6.54 Å². The van der Waals surface area contributed by atoms with Gasteiger partial charge in [-0.2, -0.15) is 0 Å². The molecular weight excluding hydrogens is 284 g/mol. The van der Waals surface area contributed by atoms with Crippen LogP contribution in [0.5, 0.6) is 0 Å². The van der Waals surface area contributed by atoms with Gasteiger partial charge in [-0.25, -0.2) is 4.98 Å². The van der Waals surface area contributed by atoms with Gasteiger partial charge in [-0.15, -0.1) is 23.1 Å². The predicted molar refractivity (Wildman–Crippen MR) is 89.4 cm³/mol. The van der Waals surface area contributed by atoms with Gasteiger partial charge in [0.2, 0.25) is 0 Å². The van der Waals surface area contributed by atoms with Crippen molar-refractivity contribution in [2.24, 2.45) is 5.92 Å². The minimum Gasteiger partial charge on any atom is -0.312 e. The van der Waals surface area contributed by atoms with Crippen molar-refractivity contribution in [1.29, 1.82) is 0 Å². The van der Waals surface area contributed by atoms with Gasteiger partial charge in [-0.3, -0.25) is 0 Å². The molecule has 4 heteroatoms. The van der Waals surface area contributed by atoms with E-state index in [0.29, 0.717) is 5.92 Å². The quantitative estimate of drug-likeness (QED) is 0.763. The second-order valence-electron chi connectivity index (χ2n) is 5.35. The van der Waals surface area contributed by atoms with Crippen molar-refractivity contribution in [1.82, 2.24) is 10.3 Å². The summed E-state index contributed by atoms with van der Waals surface area (Å²) in [5.74, 6) is 1.65. The molecule has 2 aromatic rings. The van der Waals surface area contributed by atoms with E-state index >= 15 is 0 Å². The van der Waals surface area contributed by atoms with Crippen LogP contribution in [0.15, 0.2) is 35.4 Å². The first-order valence-electron chi connectivity index (χ1n) is 6.97. The molecule has 0 spiro atoms. The lowest BCUT2D eigenvalue weighted by Crippen LogP contribution is -2.18. The molecule has 1 heterocycles. The van der Waals surface area contributed by atoms with Crippen molar-refractivity contribution >= 4 is 23.1 Å². The van der Waals surface area contributed by atoms with Crippen LogP contribution in [-0.4, -0.2) is 11.5 Å². The Hall–Kier alpha value is -0.840. The highest BCUT2D eigenvalue weighted by Gasteiger charge is 2.03. The Morgan fingerprint density at radius 3 is 2.70 bits per heavy atom. The lowest BCUT2D eigenvalue weighted by Gasteiger charge is -2.04. The molecule has 0 amide bonds. The third-order valence-electron chi connectivity index (χ3n) is 2.84. The minimum atomic E-state index is 0.694. The summed E-state index contributed by atoms with van der Waals surface area (Å²) < 4.78 is 0. The van der Waals surface area contributed by atoms with Crippen molar-refractivity contribution in [2.45, 2.75) is 38.0 Å². The number of nitrogens with zero attached hydrogens (tertiary/aromatic N) is 1. The molecule has 0 aliphatic heterocycles. The van der Waals surface area contributed by atoms with E-state index in [1.165, 1.54) is 20.3 Å². The standard InChI is InChI=1S/C16H22N2S2/c1-12(2)8-17-9-15-10-18-16(20-15)11-19-14-6-4-13(3)5-7-14/h4-7,10,12,17H,8-9,11H2,1-3H3. The zero-order valence-electron chi connectivity index (χ0n) is 12.3. The van der Waals surface area contributed by atoms with Gasteiger partial charge >= 0.3 is 0 Å². The SMILES string of the molecule is Cc1ccc(SCc2ncc(CNCC(C)C)s2)cc1. The summed E-state index contributed by atoms with van der Waals surface area (Å²) in [6.07, 6.45) is 2.00. The largest absolute Gasteiger partial charge is 0.312 e. The molecule has 1 aromatic carbocycles. The second kappa shape index (κ2) is 7.81. The van der Waals surface area contributed by atoms with E-state index in [1.807, 2.05) is 29.3 Å². The van der Waals surface area contributed by atoms with E-state index in [-0.39, 0.29) is 0 Å². The first kappa shape index (κ1) is 15.5. The van der Waals surface area contributed by atoms with Gasteiger partial charge in [-0.1, -0.05) is 31.5 Å². The fraction of sp³-hybridized carbons (Fsp3) is 0.438. The maximum atomic E-state index is 4.50. The smallest absolute Gasteiger partial charge is 0.103 e. The second-order valence-corrected chi connectivity index (χ2v) is 7.60. The molecule has 0 fully saturated rings. The number of rotatable bonds is 7. The van der Waals surface area contributed by atoms with Gasteiger partial charge in [0.15, 0.2) is 0 Å². The summed E-state index contributed by atoms with van der Waals surface area (Å²) in [6, 6.07) is 8.67. The third-order valence-corrected chi connectivity index (χ3v) is 5.04. The van der Waals surface area contributed by atoms with E-state index in [9.17, 15) is 0 Å². The zero-order chi connectivity index (χ0) is 14.4. The van der Waals surface area contributed by atoms with Gasteiger partial charge in [0.05, 0.1) is 5.75 Å². The summed E-state index contributed by atoms with van der Waals surface area (Å²) in [7, 11) is 0. The summed E-state index contributed by atoms with van der Waals surface area (Å²) in [5, 5.41) is 4.66. The van der Waals surface area contributed by atoms with Gasteiger partial charge in [0.25, 0.3) is 0 Å². The van der Waals surface area contributed by atoms with Crippen molar-refractivity contribution < 1.29 is 0 Å². The lowest BCUT2D eigenvalue weighted by atomic mass is 10.2. The number of nitrogens with one attached hydrogen (secondary N) is 1. The van der Waals surface area contributed by atoms with Crippen LogP contribution in [0, 0.1) is 12.8 Å². The van der Waals surface area contributed by atoms with Crippen molar-refractivity contribution in [3.05, 3.63) is 45.9 Å². The average molecular weight is 306 g/mol. The molecule has 0 saturated heterocycles. The molecule has 0 atom stereocenters. The van der Waals surface area contributed by atoms with E-state index in [4.69, 9.17) is 0 Å². The number of hydrogen-bond acceptors (Lipinski definition) is 4. The Bertz CT molecular complexity index is 518. The topological polar surface area (TPSA) is 24.9 Å². The third kappa shape index (κ3) is 5.27. The van der Waals surface area contributed by atoms with E-state index < -0.39 is 0 Å². The molecule has 0 radical (unpaired) electrons. The highest BCUT2D eigenvalue weighted by molar-refractivity contribution is 7.98. The summed E-state index contributed by atoms with van der Waals surface area (Å²) in [4.78, 5) is 7.14. The van der Waals surface area contributed by atoms with Gasteiger partial charge in [0.1, 0.15) is 5.01 Å². The van der Waals surface area contributed by atoms with Crippen LogP contribution in [0.1, 0.15) is 29.3 Å². The molecule has 108 valence electrons. The first-order chi connectivity index (χ1) is 9.63. The Kier molecular flexibility index (Phi) is 6.07. The molecule has 0 bridgehead atoms. The lowest BCUT2D eigenvalue weighted by molar-refractivity contribution is 0.554. The van der Waals surface area contributed by atoms with Crippen LogP contribution in [0.3, 0.4) is 0 Å². The Labute approximate surface area is 130 Å². The van der Waals surface area contributed by atoms with Gasteiger partial charge in [0, 0.05) is 22.5 Å². The molecule has 1 N–H and O–H groups in total. The number of benzene rings is 1. The molecule has 0 saturated carbocycles. The fourth-order valence-corrected chi connectivity index (χ4v) is 3.55. The molecule has 2 nitrogen and oxygen atoms in total. The molecule has 2 rings (SSSR count). The first-order valence-corrected chi connectivity index (χ1v) is 8.77. The van der Waals surface area contributed by atoms with Gasteiger partial charge < -0.3 is 5.32 Å². The maximum Gasteiger partial charge on any atom is 0.103 e. The average Bonchev–Trinajstić information content (AvgIpc) is 2.86. The highest BCUT2D eigenvalue weighted by Crippen LogP contribution is 2.25. The zero-order valence-corrected chi connectivity index (χ0v) is 14.0. The minimum absolute atomic E-state index is 0.694. The molecule has 0 aliphatic rings. The van der Waals surface area contributed by atoms with Crippen LogP contribution < -0.4 is 5.32 Å². The predicted octanol–water partition coefficient (Wildman–Crippen LogP) is 4.49. The van der Waals surface area contributed by atoms with Crippen molar-refractivity contribution in [3.8, 4) is 0 Å².